The van der Waals surface area contributed by atoms with Gasteiger partial charge in [0.2, 0.25) is 0 Å². The van der Waals surface area contributed by atoms with Crippen LogP contribution in [0.2, 0.25) is 0 Å². The van der Waals surface area contributed by atoms with Crippen LogP contribution in [0.25, 0.3) is 0 Å². The lowest BCUT2D eigenvalue weighted by molar-refractivity contribution is -0.274. The molecule has 1 N–H and O–H groups in total. The first kappa shape index (κ1) is 11.5. The third-order valence-electron chi connectivity index (χ3n) is 3.50. The molecule has 0 aliphatic heterocycles. The summed E-state index contributed by atoms with van der Waals surface area (Å²) in [6, 6.07) is 0. The fourth-order valence-electron chi connectivity index (χ4n) is 2.16. The van der Waals surface area contributed by atoms with Crippen LogP contribution in [0.15, 0.2) is 0 Å². The molecule has 1 nitrogen and oxygen atoms in total. The van der Waals surface area contributed by atoms with Gasteiger partial charge in [-0.15, -0.1) is 0 Å². The first-order valence-electron chi connectivity index (χ1n) is 4.82. The van der Waals surface area contributed by atoms with Crippen molar-refractivity contribution in [3.8, 4) is 0 Å². The van der Waals surface area contributed by atoms with Crippen molar-refractivity contribution in [2.45, 2.75) is 39.8 Å². The lowest BCUT2D eigenvalue weighted by Gasteiger charge is -2.51. The minimum Gasteiger partial charge on any atom is -0.310 e. The molecule has 0 aromatic carbocycles. The molecule has 1 rings (SSSR count). The van der Waals surface area contributed by atoms with Gasteiger partial charge in [0.15, 0.2) is 0 Å². The number of nitrogens with one attached hydrogen (secondary N) is 1. The molecule has 0 amide bonds. The Morgan fingerprint density at radius 2 is 1.79 bits per heavy atom. The third kappa shape index (κ3) is 1.55. The number of hydrogen-bond acceptors (Lipinski definition) is 1. The van der Waals surface area contributed by atoms with Crippen LogP contribution in [0.3, 0.4) is 0 Å². The van der Waals surface area contributed by atoms with Gasteiger partial charge in [-0.2, -0.15) is 13.2 Å². The van der Waals surface area contributed by atoms with Crippen LogP contribution in [0.1, 0.15) is 33.6 Å². The molecule has 1 aliphatic rings. The Balaban J connectivity index is 2.78. The van der Waals surface area contributed by atoms with E-state index in [-0.39, 0.29) is 18.8 Å². The van der Waals surface area contributed by atoms with Crippen molar-refractivity contribution in [2.75, 3.05) is 0 Å². The van der Waals surface area contributed by atoms with E-state index in [2.05, 4.69) is 0 Å². The van der Waals surface area contributed by atoms with Gasteiger partial charge in [0, 0.05) is 5.71 Å². The highest BCUT2D eigenvalue weighted by molar-refractivity contribution is 5.82. The van der Waals surface area contributed by atoms with Crippen LogP contribution in [0.5, 0.6) is 0 Å². The number of halogens is 3. The number of alkyl halides is 3. The van der Waals surface area contributed by atoms with Crippen molar-refractivity contribution in [2.24, 2.45) is 17.3 Å². The van der Waals surface area contributed by atoms with Gasteiger partial charge in [0.1, 0.15) is 0 Å². The second-order valence-corrected chi connectivity index (χ2v) is 4.60. The molecule has 0 saturated heterocycles. The Morgan fingerprint density at radius 1 is 1.36 bits per heavy atom. The molecule has 82 valence electrons. The number of hydrogen-bond donors (Lipinski definition) is 1. The monoisotopic (exact) mass is 207 g/mol. The largest absolute Gasteiger partial charge is 0.394 e. The summed E-state index contributed by atoms with van der Waals surface area (Å²) in [5.41, 5.74) is -1.15. The lowest BCUT2D eigenvalue weighted by atomic mass is 9.55. The normalized spacial score (nSPS) is 32.9. The average Bonchev–Trinajstić information content (AvgIpc) is 1.77. The zero-order chi connectivity index (χ0) is 11.1. The molecule has 1 aliphatic carbocycles. The maximum atomic E-state index is 12.8. The fourth-order valence-corrected chi connectivity index (χ4v) is 2.16. The molecular formula is C10H16F3N. The summed E-state index contributed by atoms with van der Waals surface area (Å²) in [7, 11) is 0. The van der Waals surface area contributed by atoms with E-state index < -0.39 is 17.5 Å². The van der Waals surface area contributed by atoms with Crippen LogP contribution in [0.4, 0.5) is 13.2 Å². The van der Waals surface area contributed by atoms with E-state index >= 15 is 0 Å². The second-order valence-electron chi connectivity index (χ2n) is 4.60. The standard InChI is InChI=1S/C10H16F3N/c1-6(2)9(10(11,12)13)4-8(5-9)7(3)14/h6,8,14H,4-5H2,1-3H3. The smallest absolute Gasteiger partial charge is 0.310 e. The molecule has 0 spiro atoms. The quantitative estimate of drug-likeness (QED) is 0.668. The highest BCUT2D eigenvalue weighted by Gasteiger charge is 2.63. The third-order valence-corrected chi connectivity index (χ3v) is 3.50. The Kier molecular flexibility index (Phi) is 2.67. The van der Waals surface area contributed by atoms with Crippen LogP contribution >= 0.6 is 0 Å². The van der Waals surface area contributed by atoms with Gasteiger partial charge in [-0.25, -0.2) is 0 Å². The summed E-state index contributed by atoms with van der Waals surface area (Å²) < 4.78 is 38.3. The van der Waals surface area contributed by atoms with Gasteiger partial charge in [-0.3, -0.25) is 0 Å². The SMILES string of the molecule is CC(=N)C1CC(C(C)C)(C(F)(F)F)C1. The molecule has 4 heteroatoms. The van der Waals surface area contributed by atoms with Crippen LogP contribution < -0.4 is 0 Å². The van der Waals surface area contributed by atoms with Crippen molar-refractivity contribution >= 4 is 5.71 Å². The summed E-state index contributed by atoms with van der Waals surface area (Å²) in [6.45, 7) is 4.82. The maximum Gasteiger partial charge on any atom is 0.394 e. The zero-order valence-corrected chi connectivity index (χ0v) is 8.70. The Morgan fingerprint density at radius 3 is 2.00 bits per heavy atom. The minimum absolute atomic E-state index is 0.101. The highest BCUT2D eigenvalue weighted by Crippen LogP contribution is 2.60. The van der Waals surface area contributed by atoms with Gasteiger partial charge in [0.25, 0.3) is 0 Å². The maximum absolute atomic E-state index is 12.8. The van der Waals surface area contributed by atoms with E-state index in [9.17, 15) is 13.2 Å². The summed E-state index contributed by atoms with van der Waals surface area (Å²) in [5.74, 6) is -0.544. The first-order valence-corrected chi connectivity index (χ1v) is 4.82. The Hall–Kier alpha value is -0.540. The molecule has 0 atom stereocenters. The van der Waals surface area contributed by atoms with E-state index in [1.165, 1.54) is 0 Å². The molecule has 0 radical (unpaired) electrons. The minimum atomic E-state index is -4.12. The van der Waals surface area contributed by atoms with E-state index in [0.29, 0.717) is 5.71 Å². The van der Waals surface area contributed by atoms with Crippen LogP contribution in [-0.2, 0) is 0 Å². The molecular weight excluding hydrogens is 191 g/mol. The van der Waals surface area contributed by atoms with Crippen molar-refractivity contribution in [3.63, 3.8) is 0 Å². The molecule has 1 fully saturated rings. The first-order chi connectivity index (χ1) is 6.21. The molecule has 14 heavy (non-hydrogen) atoms. The molecule has 0 aromatic heterocycles. The van der Waals surface area contributed by atoms with Crippen molar-refractivity contribution in [3.05, 3.63) is 0 Å². The lowest BCUT2D eigenvalue weighted by Crippen LogP contribution is -2.53. The summed E-state index contributed by atoms with van der Waals surface area (Å²) in [5, 5.41) is 7.31. The van der Waals surface area contributed by atoms with Gasteiger partial charge >= 0.3 is 6.18 Å². The summed E-state index contributed by atoms with van der Waals surface area (Å²) >= 11 is 0. The molecule has 0 unspecified atom stereocenters. The summed E-state index contributed by atoms with van der Waals surface area (Å²) in [6.07, 6.45) is -3.92. The molecule has 0 heterocycles. The van der Waals surface area contributed by atoms with E-state index in [1.54, 1.807) is 20.8 Å². The van der Waals surface area contributed by atoms with Gasteiger partial charge in [-0.05, 0) is 31.6 Å². The van der Waals surface area contributed by atoms with Crippen LogP contribution in [-0.4, -0.2) is 11.9 Å². The summed E-state index contributed by atoms with van der Waals surface area (Å²) in [4.78, 5) is 0. The molecule has 1 saturated carbocycles. The number of rotatable bonds is 2. The molecule has 0 aromatic rings. The second kappa shape index (κ2) is 3.24. The molecule has 0 bridgehead atoms. The fraction of sp³-hybridized carbons (Fsp3) is 0.900. The highest BCUT2D eigenvalue weighted by atomic mass is 19.4. The zero-order valence-electron chi connectivity index (χ0n) is 8.70. The van der Waals surface area contributed by atoms with Crippen molar-refractivity contribution < 1.29 is 13.2 Å². The van der Waals surface area contributed by atoms with Crippen LogP contribution in [0, 0.1) is 22.7 Å². The van der Waals surface area contributed by atoms with Gasteiger partial charge < -0.3 is 5.41 Å². The van der Waals surface area contributed by atoms with Crippen molar-refractivity contribution in [1.82, 2.24) is 0 Å². The van der Waals surface area contributed by atoms with E-state index in [1.807, 2.05) is 0 Å². The van der Waals surface area contributed by atoms with E-state index in [4.69, 9.17) is 5.41 Å². The predicted octanol–water partition coefficient (Wildman–Crippen LogP) is 3.64. The predicted molar refractivity (Wildman–Crippen MR) is 49.5 cm³/mol. The van der Waals surface area contributed by atoms with Crippen molar-refractivity contribution in [1.29, 1.82) is 5.41 Å². The van der Waals surface area contributed by atoms with Gasteiger partial charge in [-0.1, -0.05) is 13.8 Å². The topological polar surface area (TPSA) is 23.9 Å². The van der Waals surface area contributed by atoms with Gasteiger partial charge in [0.05, 0.1) is 5.41 Å². The average molecular weight is 207 g/mol. The Bertz CT molecular complexity index is 236. The van der Waals surface area contributed by atoms with E-state index in [0.717, 1.165) is 0 Å². The Labute approximate surface area is 82.2 Å².